The quantitative estimate of drug-likeness (QED) is 0.836. The number of piperidine rings is 1. The van der Waals surface area contributed by atoms with Gasteiger partial charge in [0.2, 0.25) is 0 Å². The van der Waals surface area contributed by atoms with Crippen LogP contribution in [-0.2, 0) is 0 Å². The monoisotopic (exact) mass is 342 g/mol. The summed E-state index contributed by atoms with van der Waals surface area (Å²) in [7, 11) is 0. The molecule has 1 aliphatic heterocycles. The van der Waals surface area contributed by atoms with Gasteiger partial charge in [0.05, 0.1) is 6.10 Å². The number of aliphatic hydroxyl groups excluding tert-OH is 1. The van der Waals surface area contributed by atoms with Gasteiger partial charge in [0.15, 0.2) is 0 Å². The summed E-state index contributed by atoms with van der Waals surface area (Å²) in [6, 6.07) is 17.3. The van der Waals surface area contributed by atoms with Gasteiger partial charge in [-0.05, 0) is 56.0 Å². The van der Waals surface area contributed by atoms with E-state index in [4.69, 9.17) is 0 Å². The first-order valence-corrected chi connectivity index (χ1v) is 9.11. The molecule has 3 nitrogen and oxygen atoms in total. The lowest BCUT2D eigenvalue weighted by Crippen LogP contribution is -2.45. The molecule has 3 rings (SSSR count). The number of hydrogen-bond donors (Lipinski definition) is 2. The molecule has 2 unspecified atom stereocenters. The standard InChI is InChI=1S/C21H27FN2O/c1-16(15-21(25)17-7-9-18(22)10-8-17)23-19-11-13-24(14-12-19)20-5-3-2-4-6-20/h2-10,16,19,21,23,25H,11-15H2,1H3. The molecule has 2 N–H and O–H groups in total. The Balaban J connectivity index is 1.44. The van der Waals surface area contributed by atoms with Crippen molar-refractivity contribution in [2.24, 2.45) is 0 Å². The zero-order chi connectivity index (χ0) is 17.6. The van der Waals surface area contributed by atoms with Crippen LogP contribution < -0.4 is 10.2 Å². The molecule has 134 valence electrons. The Kier molecular flexibility index (Phi) is 6.05. The van der Waals surface area contributed by atoms with Crippen molar-refractivity contribution < 1.29 is 9.50 Å². The number of anilines is 1. The van der Waals surface area contributed by atoms with Crippen LogP contribution in [0.2, 0.25) is 0 Å². The fourth-order valence-corrected chi connectivity index (χ4v) is 3.57. The van der Waals surface area contributed by atoms with Crippen molar-refractivity contribution in [3.05, 3.63) is 66.0 Å². The Morgan fingerprint density at radius 3 is 2.36 bits per heavy atom. The number of rotatable bonds is 6. The number of aliphatic hydroxyl groups is 1. The summed E-state index contributed by atoms with van der Waals surface area (Å²) in [5, 5.41) is 14.0. The van der Waals surface area contributed by atoms with Gasteiger partial charge in [0.1, 0.15) is 5.82 Å². The molecule has 0 bridgehead atoms. The van der Waals surface area contributed by atoms with Crippen LogP contribution in [0.1, 0.15) is 37.9 Å². The second-order valence-electron chi connectivity index (χ2n) is 6.97. The van der Waals surface area contributed by atoms with Gasteiger partial charge in [-0.1, -0.05) is 30.3 Å². The Labute approximate surface area is 149 Å². The van der Waals surface area contributed by atoms with Crippen molar-refractivity contribution in [2.75, 3.05) is 18.0 Å². The molecular weight excluding hydrogens is 315 g/mol. The molecule has 2 aromatic rings. The summed E-state index contributed by atoms with van der Waals surface area (Å²) < 4.78 is 13.0. The molecule has 1 fully saturated rings. The molecule has 0 radical (unpaired) electrons. The van der Waals surface area contributed by atoms with E-state index in [2.05, 4.69) is 41.4 Å². The summed E-state index contributed by atoms with van der Waals surface area (Å²) in [6.07, 6.45) is 2.27. The van der Waals surface area contributed by atoms with Crippen molar-refractivity contribution in [3.63, 3.8) is 0 Å². The Morgan fingerprint density at radius 2 is 1.72 bits per heavy atom. The average Bonchev–Trinajstić information content (AvgIpc) is 2.63. The largest absolute Gasteiger partial charge is 0.388 e. The molecular formula is C21H27FN2O. The number of benzene rings is 2. The van der Waals surface area contributed by atoms with E-state index >= 15 is 0 Å². The van der Waals surface area contributed by atoms with Gasteiger partial charge in [-0.2, -0.15) is 0 Å². The molecule has 0 spiro atoms. The van der Waals surface area contributed by atoms with Crippen LogP contribution >= 0.6 is 0 Å². The highest BCUT2D eigenvalue weighted by Gasteiger charge is 2.21. The third kappa shape index (κ3) is 5.03. The van der Waals surface area contributed by atoms with E-state index in [0.29, 0.717) is 12.5 Å². The number of nitrogens with zero attached hydrogens (tertiary/aromatic N) is 1. The lowest BCUT2D eigenvalue weighted by molar-refractivity contribution is 0.150. The van der Waals surface area contributed by atoms with Crippen molar-refractivity contribution in [1.29, 1.82) is 0 Å². The van der Waals surface area contributed by atoms with Gasteiger partial charge in [0, 0.05) is 30.9 Å². The van der Waals surface area contributed by atoms with Gasteiger partial charge < -0.3 is 15.3 Å². The number of nitrogens with one attached hydrogen (secondary N) is 1. The number of hydrogen-bond acceptors (Lipinski definition) is 3. The lowest BCUT2D eigenvalue weighted by Gasteiger charge is -2.35. The lowest BCUT2D eigenvalue weighted by atomic mass is 9.99. The van der Waals surface area contributed by atoms with Crippen LogP contribution in [0.25, 0.3) is 0 Å². The molecule has 0 saturated carbocycles. The first kappa shape index (κ1) is 17.9. The predicted molar refractivity (Wildman–Crippen MR) is 100 cm³/mol. The third-order valence-electron chi connectivity index (χ3n) is 4.97. The molecule has 2 atom stereocenters. The van der Waals surface area contributed by atoms with Gasteiger partial charge in [0.25, 0.3) is 0 Å². The summed E-state index contributed by atoms with van der Waals surface area (Å²) in [5.74, 6) is -0.271. The second-order valence-corrected chi connectivity index (χ2v) is 6.97. The summed E-state index contributed by atoms with van der Waals surface area (Å²) in [4.78, 5) is 2.43. The van der Waals surface area contributed by atoms with E-state index < -0.39 is 6.10 Å². The van der Waals surface area contributed by atoms with E-state index in [1.54, 1.807) is 12.1 Å². The maximum Gasteiger partial charge on any atom is 0.123 e. The van der Waals surface area contributed by atoms with Crippen molar-refractivity contribution in [3.8, 4) is 0 Å². The molecule has 4 heteroatoms. The van der Waals surface area contributed by atoms with Gasteiger partial charge in [-0.25, -0.2) is 4.39 Å². The molecule has 0 aliphatic carbocycles. The van der Waals surface area contributed by atoms with Crippen LogP contribution in [0.3, 0.4) is 0 Å². The molecule has 25 heavy (non-hydrogen) atoms. The van der Waals surface area contributed by atoms with Gasteiger partial charge in [-0.15, -0.1) is 0 Å². The molecule has 1 saturated heterocycles. The number of halogens is 1. The highest BCUT2D eigenvalue weighted by atomic mass is 19.1. The van der Waals surface area contributed by atoms with E-state index in [1.165, 1.54) is 17.8 Å². The van der Waals surface area contributed by atoms with Crippen LogP contribution in [0.15, 0.2) is 54.6 Å². The normalized spacial score (nSPS) is 18.1. The third-order valence-corrected chi connectivity index (χ3v) is 4.97. The number of para-hydroxylation sites is 1. The maximum absolute atomic E-state index is 13.0. The zero-order valence-electron chi connectivity index (χ0n) is 14.7. The Morgan fingerprint density at radius 1 is 1.08 bits per heavy atom. The predicted octanol–water partition coefficient (Wildman–Crippen LogP) is 3.90. The maximum atomic E-state index is 13.0. The van der Waals surface area contributed by atoms with Gasteiger partial charge >= 0.3 is 0 Å². The smallest absolute Gasteiger partial charge is 0.123 e. The molecule has 1 aliphatic rings. The SMILES string of the molecule is CC(CC(O)c1ccc(F)cc1)NC1CCN(c2ccccc2)CC1. The highest BCUT2D eigenvalue weighted by Crippen LogP contribution is 2.22. The first-order chi connectivity index (χ1) is 12.1. The molecule has 1 heterocycles. The van der Waals surface area contributed by atoms with E-state index in [-0.39, 0.29) is 11.9 Å². The zero-order valence-corrected chi connectivity index (χ0v) is 14.7. The Bertz CT molecular complexity index is 639. The highest BCUT2D eigenvalue weighted by molar-refractivity contribution is 5.46. The first-order valence-electron chi connectivity index (χ1n) is 9.11. The fraction of sp³-hybridized carbons (Fsp3) is 0.429. The Hall–Kier alpha value is -1.91. The fourth-order valence-electron chi connectivity index (χ4n) is 3.57. The van der Waals surface area contributed by atoms with Crippen LogP contribution in [-0.4, -0.2) is 30.3 Å². The average molecular weight is 342 g/mol. The molecule has 0 amide bonds. The minimum absolute atomic E-state index is 0.216. The van der Waals surface area contributed by atoms with Gasteiger partial charge in [-0.3, -0.25) is 0 Å². The van der Waals surface area contributed by atoms with E-state index in [1.807, 2.05) is 6.07 Å². The van der Waals surface area contributed by atoms with Crippen molar-refractivity contribution in [2.45, 2.75) is 44.4 Å². The van der Waals surface area contributed by atoms with Crippen LogP contribution in [0.5, 0.6) is 0 Å². The minimum Gasteiger partial charge on any atom is -0.388 e. The topological polar surface area (TPSA) is 35.5 Å². The van der Waals surface area contributed by atoms with E-state index in [0.717, 1.165) is 31.5 Å². The molecule has 2 aromatic carbocycles. The van der Waals surface area contributed by atoms with E-state index in [9.17, 15) is 9.50 Å². The van der Waals surface area contributed by atoms with Crippen molar-refractivity contribution >= 4 is 5.69 Å². The molecule has 0 aromatic heterocycles. The second kappa shape index (κ2) is 8.45. The van der Waals surface area contributed by atoms with Crippen molar-refractivity contribution in [1.82, 2.24) is 5.32 Å². The minimum atomic E-state index is -0.562. The summed E-state index contributed by atoms with van der Waals surface area (Å²) in [6.45, 7) is 4.21. The van der Waals surface area contributed by atoms with Crippen LogP contribution in [0.4, 0.5) is 10.1 Å². The summed E-state index contributed by atoms with van der Waals surface area (Å²) >= 11 is 0. The summed E-state index contributed by atoms with van der Waals surface area (Å²) in [5.41, 5.74) is 2.06. The van der Waals surface area contributed by atoms with Crippen LogP contribution in [0, 0.1) is 5.82 Å².